The number of methoxy groups -OCH3 is 2. The lowest BCUT2D eigenvalue weighted by atomic mass is 9.94. The van der Waals surface area contributed by atoms with Crippen molar-refractivity contribution in [1.82, 2.24) is 0 Å². The second-order valence-corrected chi connectivity index (χ2v) is 7.12. The van der Waals surface area contributed by atoms with Crippen molar-refractivity contribution in [3.05, 3.63) is 95.3 Å². The van der Waals surface area contributed by atoms with E-state index in [1.807, 2.05) is 0 Å². The third kappa shape index (κ3) is 3.58. The Hall–Kier alpha value is -4.13. The molecule has 0 saturated carbocycles. The van der Waals surface area contributed by atoms with Crippen molar-refractivity contribution in [1.29, 1.82) is 0 Å². The summed E-state index contributed by atoms with van der Waals surface area (Å²) in [5.74, 6) is -1.63. The number of rotatable bonds is 5. The van der Waals surface area contributed by atoms with Gasteiger partial charge in [-0.1, -0.05) is 18.2 Å². The number of ketones is 1. The average molecular weight is 433 g/mol. The quantitative estimate of drug-likeness (QED) is 0.365. The topological polar surface area (TPSA) is 76.1 Å². The third-order valence-corrected chi connectivity index (χ3v) is 5.36. The highest BCUT2D eigenvalue weighted by Crippen LogP contribution is 2.43. The molecular formula is C25H20FNO5. The first-order valence-electron chi connectivity index (χ1n) is 9.80. The zero-order valence-electron chi connectivity index (χ0n) is 17.4. The molecule has 0 radical (unpaired) electrons. The Morgan fingerprint density at radius 2 is 1.44 bits per heavy atom. The van der Waals surface area contributed by atoms with Crippen molar-refractivity contribution in [2.75, 3.05) is 19.1 Å². The molecule has 1 saturated heterocycles. The molecule has 0 bridgehead atoms. The van der Waals surface area contributed by atoms with Crippen molar-refractivity contribution in [3.63, 3.8) is 0 Å². The summed E-state index contributed by atoms with van der Waals surface area (Å²) in [6.07, 6.45) is 0. The molecule has 162 valence electrons. The molecule has 1 aliphatic heterocycles. The summed E-state index contributed by atoms with van der Waals surface area (Å²) >= 11 is 0. The number of Topliss-reactive ketones (excluding diaryl/α,β-unsaturated/α-hetero) is 1. The van der Waals surface area contributed by atoms with Crippen LogP contribution >= 0.6 is 0 Å². The minimum absolute atomic E-state index is 0.0950. The van der Waals surface area contributed by atoms with Gasteiger partial charge in [0.05, 0.1) is 25.8 Å². The second kappa shape index (κ2) is 8.55. The van der Waals surface area contributed by atoms with E-state index in [0.717, 1.165) is 0 Å². The summed E-state index contributed by atoms with van der Waals surface area (Å²) in [4.78, 5) is 27.3. The minimum atomic E-state index is -1.15. The van der Waals surface area contributed by atoms with Crippen LogP contribution in [0.25, 0.3) is 5.76 Å². The van der Waals surface area contributed by atoms with Gasteiger partial charge in [-0.15, -0.1) is 0 Å². The lowest BCUT2D eigenvalue weighted by Gasteiger charge is -2.25. The van der Waals surface area contributed by atoms with Gasteiger partial charge in [-0.05, 0) is 54.6 Å². The van der Waals surface area contributed by atoms with Crippen LogP contribution in [0.5, 0.6) is 11.5 Å². The molecule has 1 atom stereocenters. The number of carbonyl (C=O) groups is 2. The Balaban J connectivity index is 1.92. The number of carbonyl (C=O) groups excluding carboxylic acids is 2. The minimum Gasteiger partial charge on any atom is -0.507 e. The highest BCUT2D eigenvalue weighted by Gasteiger charge is 2.47. The molecule has 0 aliphatic carbocycles. The molecular weight excluding hydrogens is 413 g/mol. The fourth-order valence-electron chi connectivity index (χ4n) is 3.74. The summed E-state index contributed by atoms with van der Waals surface area (Å²) in [7, 11) is 3.02. The number of hydrogen-bond acceptors (Lipinski definition) is 5. The Labute approximate surface area is 184 Å². The van der Waals surface area contributed by atoms with Gasteiger partial charge in [0.2, 0.25) is 0 Å². The summed E-state index contributed by atoms with van der Waals surface area (Å²) in [5.41, 5.74) is 0.577. The normalized spacial score (nSPS) is 17.5. The maximum absolute atomic E-state index is 14.9. The predicted octanol–water partition coefficient (Wildman–Crippen LogP) is 4.47. The van der Waals surface area contributed by atoms with Crippen LogP contribution in [-0.2, 0) is 9.59 Å². The van der Waals surface area contributed by atoms with E-state index in [4.69, 9.17) is 9.47 Å². The molecule has 32 heavy (non-hydrogen) atoms. The van der Waals surface area contributed by atoms with E-state index in [1.165, 1.54) is 37.3 Å². The van der Waals surface area contributed by atoms with Crippen LogP contribution in [0.15, 0.2) is 78.4 Å². The lowest BCUT2D eigenvalue weighted by molar-refractivity contribution is -0.132. The summed E-state index contributed by atoms with van der Waals surface area (Å²) < 4.78 is 25.1. The van der Waals surface area contributed by atoms with Crippen LogP contribution in [0.1, 0.15) is 17.2 Å². The largest absolute Gasteiger partial charge is 0.507 e. The average Bonchev–Trinajstić information content (AvgIpc) is 3.09. The first kappa shape index (κ1) is 21.1. The van der Waals surface area contributed by atoms with Crippen molar-refractivity contribution in [2.45, 2.75) is 6.04 Å². The molecule has 1 N–H and O–H groups in total. The number of aliphatic hydroxyl groups excluding tert-OH is 1. The number of halogens is 1. The maximum Gasteiger partial charge on any atom is 0.300 e. The number of amides is 1. The van der Waals surface area contributed by atoms with E-state index in [1.54, 1.807) is 54.6 Å². The highest BCUT2D eigenvalue weighted by atomic mass is 19.1. The molecule has 7 heteroatoms. The molecule has 0 aromatic heterocycles. The van der Waals surface area contributed by atoms with E-state index in [9.17, 15) is 19.1 Å². The number of benzene rings is 3. The summed E-state index contributed by atoms with van der Waals surface area (Å²) in [6, 6.07) is 17.6. The van der Waals surface area contributed by atoms with Gasteiger partial charge in [0.1, 0.15) is 23.1 Å². The molecule has 1 aliphatic rings. The molecule has 6 nitrogen and oxygen atoms in total. The van der Waals surface area contributed by atoms with Gasteiger partial charge < -0.3 is 14.6 Å². The SMILES string of the molecule is COc1ccc(/C(O)=C2\C(=O)C(=O)N(c3ccc(OC)cc3)[C@@H]2c2ccccc2F)cc1. The Morgan fingerprint density at radius 1 is 0.875 bits per heavy atom. The van der Waals surface area contributed by atoms with Gasteiger partial charge in [0, 0.05) is 16.8 Å². The zero-order valence-corrected chi connectivity index (χ0v) is 17.4. The molecule has 1 heterocycles. The van der Waals surface area contributed by atoms with Crippen molar-refractivity contribution in [2.24, 2.45) is 0 Å². The van der Waals surface area contributed by atoms with Gasteiger partial charge in [-0.3, -0.25) is 14.5 Å². The van der Waals surface area contributed by atoms with Gasteiger partial charge >= 0.3 is 0 Å². The predicted molar refractivity (Wildman–Crippen MR) is 117 cm³/mol. The lowest BCUT2D eigenvalue weighted by Crippen LogP contribution is -2.29. The first-order chi connectivity index (χ1) is 15.5. The molecule has 1 amide bonds. The molecule has 3 aromatic carbocycles. The standard InChI is InChI=1S/C25H20FNO5/c1-31-17-11-7-15(8-12-17)23(28)21-22(19-5-3-4-6-20(19)26)27(25(30)24(21)29)16-9-13-18(32-2)14-10-16/h3-14,22,28H,1-2H3/b23-21+/t22-/m1/s1. The van der Waals surface area contributed by atoms with Gasteiger partial charge in [-0.2, -0.15) is 0 Å². The van der Waals surface area contributed by atoms with Crippen LogP contribution in [0.4, 0.5) is 10.1 Å². The second-order valence-electron chi connectivity index (χ2n) is 7.12. The monoisotopic (exact) mass is 433 g/mol. The smallest absolute Gasteiger partial charge is 0.300 e. The van der Waals surface area contributed by atoms with E-state index in [-0.39, 0.29) is 11.1 Å². The number of aliphatic hydroxyl groups is 1. The molecule has 4 rings (SSSR count). The zero-order chi connectivity index (χ0) is 22.8. The Morgan fingerprint density at radius 3 is 2.00 bits per heavy atom. The van der Waals surface area contributed by atoms with Gasteiger partial charge in [-0.25, -0.2) is 4.39 Å². The van der Waals surface area contributed by atoms with Gasteiger partial charge in [0.15, 0.2) is 0 Å². The molecule has 0 spiro atoms. The number of hydrogen-bond donors (Lipinski definition) is 1. The van der Waals surface area contributed by atoms with E-state index < -0.39 is 29.3 Å². The van der Waals surface area contributed by atoms with Crippen LogP contribution < -0.4 is 14.4 Å². The third-order valence-electron chi connectivity index (χ3n) is 5.36. The van der Waals surface area contributed by atoms with Crippen LogP contribution in [0.2, 0.25) is 0 Å². The van der Waals surface area contributed by atoms with Crippen LogP contribution in [-0.4, -0.2) is 31.0 Å². The highest BCUT2D eigenvalue weighted by molar-refractivity contribution is 6.51. The fraction of sp³-hybridized carbons (Fsp3) is 0.120. The summed E-state index contributed by atoms with van der Waals surface area (Å²) in [6.45, 7) is 0. The number of nitrogens with zero attached hydrogens (tertiary/aromatic N) is 1. The van der Waals surface area contributed by atoms with Crippen molar-refractivity contribution in [3.8, 4) is 11.5 Å². The van der Waals surface area contributed by atoms with Gasteiger partial charge in [0.25, 0.3) is 11.7 Å². The fourth-order valence-corrected chi connectivity index (χ4v) is 3.74. The Kier molecular flexibility index (Phi) is 5.64. The molecule has 1 fully saturated rings. The van der Waals surface area contributed by atoms with Crippen LogP contribution in [0.3, 0.4) is 0 Å². The Bertz CT molecular complexity index is 1200. The van der Waals surface area contributed by atoms with E-state index in [0.29, 0.717) is 22.7 Å². The molecule has 3 aromatic rings. The first-order valence-corrected chi connectivity index (χ1v) is 9.80. The number of anilines is 1. The van der Waals surface area contributed by atoms with E-state index in [2.05, 4.69) is 0 Å². The van der Waals surface area contributed by atoms with Crippen molar-refractivity contribution < 1.29 is 28.6 Å². The van der Waals surface area contributed by atoms with Crippen molar-refractivity contribution >= 4 is 23.1 Å². The number of ether oxygens (including phenoxy) is 2. The van der Waals surface area contributed by atoms with Crippen LogP contribution in [0, 0.1) is 5.82 Å². The summed E-state index contributed by atoms with van der Waals surface area (Å²) in [5, 5.41) is 11.0. The van der Waals surface area contributed by atoms with E-state index >= 15 is 0 Å². The molecule has 0 unspecified atom stereocenters. The maximum atomic E-state index is 14.9.